The molecule has 0 saturated heterocycles. The van der Waals surface area contributed by atoms with Gasteiger partial charge >= 0.3 is 6.03 Å². The summed E-state index contributed by atoms with van der Waals surface area (Å²) in [6, 6.07) is 13.2. The van der Waals surface area contributed by atoms with Gasteiger partial charge < -0.3 is 20.1 Å². The normalized spacial score (nSPS) is 13.6. The molecule has 25 heavy (non-hydrogen) atoms. The largest absolute Gasteiger partial charge is 0.454 e. The highest BCUT2D eigenvalue weighted by atomic mass is 32.1. The fourth-order valence-electron chi connectivity index (χ4n) is 2.66. The van der Waals surface area contributed by atoms with Crippen molar-refractivity contribution in [1.29, 1.82) is 0 Å². The van der Waals surface area contributed by atoms with E-state index in [0.29, 0.717) is 12.3 Å². The molecule has 2 N–H and O–H groups in total. The predicted octanol–water partition coefficient (Wildman–Crippen LogP) is 3.59. The van der Waals surface area contributed by atoms with Crippen molar-refractivity contribution in [2.24, 2.45) is 0 Å². The van der Waals surface area contributed by atoms with Crippen LogP contribution in [0.1, 0.15) is 23.5 Å². The van der Waals surface area contributed by atoms with E-state index < -0.39 is 0 Å². The molecule has 1 aliphatic rings. The standard InChI is InChI=1S/C18H17N3O3S/c1-11(12-6-7-14-15(8-12)24-10-23-14)20-18(22)19-9-17-21-13-4-2-3-5-16(13)25-17/h2-8,11H,9-10H2,1H3,(H2,19,20,22). The Kier molecular flexibility index (Phi) is 4.15. The van der Waals surface area contributed by atoms with Gasteiger partial charge in [-0.3, -0.25) is 0 Å². The fraction of sp³-hybridized carbons (Fsp3) is 0.222. The van der Waals surface area contributed by atoms with Crippen LogP contribution in [0.25, 0.3) is 10.2 Å². The van der Waals surface area contributed by atoms with E-state index >= 15 is 0 Å². The maximum atomic E-state index is 12.1. The van der Waals surface area contributed by atoms with Crippen molar-refractivity contribution >= 4 is 27.6 Å². The zero-order valence-electron chi connectivity index (χ0n) is 13.6. The van der Waals surface area contributed by atoms with Crippen molar-refractivity contribution in [2.45, 2.75) is 19.5 Å². The number of nitrogens with zero attached hydrogens (tertiary/aromatic N) is 1. The Balaban J connectivity index is 1.35. The Hall–Kier alpha value is -2.80. The third-order valence-corrected chi connectivity index (χ3v) is 5.02. The van der Waals surface area contributed by atoms with Crippen LogP contribution in [0.2, 0.25) is 0 Å². The van der Waals surface area contributed by atoms with Crippen molar-refractivity contribution in [3.05, 3.63) is 53.0 Å². The van der Waals surface area contributed by atoms with Crippen molar-refractivity contribution in [3.8, 4) is 11.5 Å². The minimum absolute atomic E-state index is 0.148. The fourth-order valence-corrected chi connectivity index (χ4v) is 3.57. The van der Waals surface area contributed by atoms with Crippen LogP contribution in [-0.2, 0) is 6.54 Å². The molecule has 1 atom stereocenters. The lowest BCUT2D eigenvalue weighted by Gasteiger charge is -2.15. The summed E-state index contributed by atoms with van der Waals surface area (Å²) in [5, 5.41) is 6.66. The van der Waals surface area contributed by atoms with Gasteiger partial charge in [-0.25, -0.2) is 9.78 Å². The number of amides is 2. The van der Waals surface area contributed by atoms with Crippen LogP contribution in [0.15, 0.2) is 42.5 Å². The first kappa shape index (κ1) is 15.7. The minimum atomic E-state index is -0.232. The average molecular weight is 355 g/mol. The summed E-state index contributed by atoms with van der Waals surface area (Å²) >= 11 is 1.58. The van der Waals surface area contributed by atoms with Gasteiger partial charge in [0.1, 0.15) is 5.01 Å². The van der Waals surface area contributed by atoms with Gasteiger partial charge in [0, 0.05) is 0 Å². The van der Waals surface area contributed by atoms with E-state index in [4.69, 9.17) is 9.47 Å². The number of urea groups is 1. The summed E-state index contributed by atoms with van der Waals surface area (Å²) in [5.74, 6) is 1.44. The number of nitrogens with one attached hydrogen (secondary N) is 2. The summed E-state index contributed by atoms with van der Waals surface area (Å²) in [6.07, 6.45) is 0. The molecule has 128 valence electrons. The van der Waals surface area contributed by atoms with Crippen LogP contribution in [0.4, 0.5) is 4.79 Å². The first-order chi connectivity index (χ1) is 12.2. The monoisotopic (exact) mass is 355 g/mol. The van der Waals surface area contributed by atoms with Crippen LogP contribution in [0, 0.1) is 0 Å². The molecule has 6 nitrogen and oxygen atoms in total. The molecule has 0 bridgehead atoms. The van der Waals surface area contributed by atoms with Gasteiger partial charge in [-0.2, -0.15) is 0 Å². The first-order valence-corrected chi connectivity index (χ1v) is 8.79. The van der Waals surface area contributed by atoms with Crippen molar-refractivity contribution in [3.63, 3.8) is 0 Å². The van der Waals surface area contributed by atoms with E-state index in [0.717, 1.165) is 26.5 Å². The molecule has 1 unspecified atom stereocenters. The van der Waals surface area contributed by atoms with E-state index in [1.165, 1.54) is 0 Å². The number of carbonyl (C=O) groups is 1. The van der Waals surface area contributed by atoms with Gasteiger partial charge in [0.15, 0.2) is 11.5 Å². The second-order valence-corrected chi connectivity index (χ2v) is 6.85. The van der Waals surface area contributed by atoms with Crippen molar-refractivity contribution in [2.75, 3.05) is 6.79 Å². The second-order valence-electron chi connectivity index (χ2n) is 5.74. The van der Waals surface area contributed by atoms with Gasteiger partial charge in [-0.05, 0) is 36.8 Å². The molecule has 2 aromatic carbocycles. The molecule has 1 aliphatic heterocycles. The summed E-state index contributed by atoms with van der Waals surface area (Å²) in [6.45, 7) is 2.57. The number of benzene rings is 2. The number of thiazole rings is 1. The molecule has 0 fully saturated rings. The first-order valence-electron chi connectivity index (χ1n) is 7.97. The molecule has 4 rings (SSSR count). The smallest absolute Gasteiger partial charge is 0.315 e. The summed E-state index contributed by atoms with van der Waals surface area (Å²) < 4.78 is 11.8. The lowest BCUT2D eigenvalue weighted by atomic mass is 10.1. The molecular formula is C18H17N3O3S. The van der Waals surface area contributed by atoms with Gasteiger partial charge in [0.25, 0.3) is 0 Å². The molecule has 1 aromatic heterocycles. The van der Waals surface area contributed by atoms with Crippen LogP contribution in [0.5, 0.6) is 11.5 Å². The predicted molar refractivity (Wildman–Crippen MR) is 96.0 cm³/mol. The Morgan fingerprint density at radius 1 is 1.24 bits per heavy atom. The third-order valence-electron chi connectivity index (χ3n) is 3.98. The molecule has 2 heterocycles. The molecular weight excluding hydrogens is 338 g/mol. The van der Waals surface area contributed by atoms with Gasteiger partial charge in [0.2, 0.25) is 6.79 Å². The Morgan fingerprint density at radius 2 is 2.08 bits per heavy atom. The lowest BCUT2D eigenvalue weighted by molar-refractivity contribution is 0.174. The summed E-state index contributed by atoms with van der Waals surface area (Å²) in [7, 11) is 0. The lowest BCUT2D eigenvalue weighted by Crippen LogP contribution is -2.36. The molecule has 0 aliphatic carbocycles. The summed E-state index contributed by atoms with van der Waals surface area (Å²) in [5.41, 5.74) is 1.91. The second kappa shape index (κ2) is 6.60. The number of aromatic nitrogens is 1. The molecule has 0 radical (unpaired) electrons. The minimum Gasteiger partial charge on any atom is -0.454 e. The van der Waals surface area contributed by atoms with Crippen molar-refractivity contribution < 1.29 is 14.3 Å². The number of hydrogen-bond acceptors (Lipinski definition) is 5. The van der Waals surface area contributed by atoms with Gasteiger partial charge in [0.05, 0.1) is 22.8 Å². The molecule has 0 saturated carbocycles. The maximum Gasteiger partial charge on any atom is 0.315 e. The van der Waals surface area contributed by atoms with E-state index in [-0.39, 0.29) is 18.9 Å². The highest BCUT2D eigenvalue weighted by molar-refractivity contribution is 7.18. The van der Waals surface area contributed by atoms with Crippen LogP contribution in [-0.4, -0.2) is 17.8 Å². The number of para-hydroxylation sites is 1. The van der Waals surface area contributed by atoms with E-state index in [2.05, 4.69) is 15.6 Å². The van der Waals surface area contributed by atoms with E-state index in [1.54, 1.807) is 11.3 Å². The zero-order chi connectivity index (χ0) is 17.2. The van der Waals surface area contributed by atoms with E-state index in [9.17, 15) is 4.79 Å². The summed E-state index contributed by atoms with van der Waals surface area (Å²) in [4.78, 5) is 16.7. The number of rotatable bonds is 4. The Morgan fingerprint density at radius 3 is 2.96 bits per heavy atom. The molecule has 0 spiro atoms. The molecule has 3 aromatic rings. The van der Waals surface area contributed by atoms with E-state index in [1.807, 2.05) is 49.4 Å². The molecule has 2 amide bonds. The third kappa shape index (κ3) is 3.36. The molecule has 7 heteroatoms. The van der Waals surface area contributed by atoms with Crippen LogP contribution < -0.4 is 20.1 Å². The average Bonchev–Trinajstić information content (AvgIpc) is 3.25. The number of hydrogen-bond donors (Lipinski definition) is 2. The Labute approximate surface area is 148 Å². The van der Waals surface area contributed by atoms with Gasteiger partial charge in [-0.1, -0.05) is 18.2 Å². The zero-order valence-corrected chi connectivity index (χ0v) is 14.4. The number of ether oxygens (including phenoxy) is 2. The maximum absolute atomic E-state index is 12.1. The Bertz CT molecular complexity index is 892. The van der Waals surface area contributed by atoms with Crippen LogP contribution >= 0.6 is 11.3 Å². The quantitative estimate of drug-likeness (QED) is 0.750. The number of fused-ring (bicyclic) bond motifs is 2. The topological polar surface area (TPSA) is 72.5 Å². The van der Waals surface area contributed by atoms with Crippen LogP contribution in [0.3, 0.4) is 0 Å². The highest BCUT2D eigenvalue weighted by Gasteiger charge is 2.17. The van der Waals surface area contributed by atoms with Crippen molar-refractivity contribution in [1.82, 2.24) is 15.6 Å². The SMILES string of the molecule is CC(NC(=O)NCc1nc2ccccc2s1)c1ccc2c(c1)OCO2. The van der Waals surface area contributed by atoms with Gasteiger partial charge in [-0.15, -0.1) is 11.3 Å². The highest BCUT2D eigenvalue weighted by Crippen LogP contribution is 2.34. The number of carbonyl (C=O) groups excluding carboxylic acids is 1.